The lowest BCUT2D eigenvalue weighted by atomic mass is 10.4. The molecule has 2 aromatic rings. The summed E-state index contributed by atoms with van der Waals surface area (Å²) in [7, 11) is 1.86. The van der Waals surface area contributed by atoms with Gasteiger partial charge in [-0.15, -0.1) is 10.2 Å². The third-order valence-electron chi connectivity index (χ3n) is 1.84. The minimum Gasteiger partial charge on any atom is -0.440 e. The van der Waals surface area contributed by atoms with Gasteiger partial charge >= 0.3 is 0 Å². The Bertz CT molecular complexity index is 438. The highest BCUT2D eigenvalue weighted by Gasteiger charge is 2.11. The number of furan rings is 1. The monoisotopic (exact) mass is 227 g/mol. The second kappa shape index (κ2) is 4.46. The van der Waals surface area contributed by atoms with Crippen molar-refractivity contribution in [2.24, 2.45) is 0 Å². The maximum Gasteiger partial charge on any atom is 0.283 e. The number of likely N-dealkylation sites (N-methyl/N-ethyl adjacent to an activating group) is 1. The predicted molar refractivity (Wildman–Crippen MR) is 54.6 cm³/mol. The Morgan fingerprint density at radius 1 is 1.33 bits per heavy atom. The van der Waals surface area contributed by atoms with Gasteiger partial charge in [0.25, 0.3) is 5.89 Å². The van der Waals surface area contributed by atoms with E-state index in [9.17, 15) is 0 Å². The molecule has 0 saturated carbocycles. The standard InChI is InChI=1S/C9H10ClN3O2/c1-11-5-4-8-12-13-9(15-8)6-2-3-7(10)14-6/h2-3,11H,4-5H2,1H3. The highest BCUT2D eigenvalue weighted by molar-refractivity contribution is 6.28. The van der Waals surface area contributed by atoms with E-state index < -0.39 is 0 Å². The van der Waals surface area contributed by atoms with E-state index in [0.717, 1.165) is 6.54 Å². The van der Waals surface area contributed by atoms with E-state index in [0.29, 0.717) is 29.2 Å². The van der Waals surface area contributed by atoms with Crippen LogP contribution in [0.1, 0.15) is 5.89 Å². The van der Waals surface area contributed by atoms with E-state index in [-0.39, 0.29) is 0 Å². The molecule has 2 heterocycles. The molecular weight excluding hydrogens is 218 g/mol. The van der Waals surface area contributed by atoms with Crippen molar-refractivity contribution in [2.75, 3.05) is 13.6 Å². The van der Waals surface area contributed by atoms with Crippen LogP contribution in [0.3, 0.4) is 0 Å². The molecule has 2 rings (SSSR count). The van der Waals surface area contributed by atoms with E-state index in [1.54, 1.807) is 12.1 Å². The Hall–Kier alpha value is -1.33. The van der Waals surface area contributed by atoms with Crippen LogP contribution < -0.4 is 5.32 Å². The zero-order valence-corrected chi connectivity index (χ0v) is 8.91. The van der Waals surface area contributed by atoms with Crippen LogP contribution in [0.5, 0.6) is 0 Å². The van der Waals surface area contributed by atoms with Crippen LogP contribution in [0.2, 0.25) is 5.22 Å². The first kappa shape index (κ1) is 10.2. The van der Waals surface area contributed by atoms with E-state index >= 15 is 0 Å². The fourth-order valence-corrected chi connectivity index (χ4v) is 1.26. The molecule has 0 atom stereocenters. The SMILES string of the molecule is CNCCc1nnc(-c2ccc(Cl)o2)o1. The summed E-state index contributed by atoms with van der Waals surface area (Å²) in [6.07, 6.45) is 0.692. The highest BCUT2D eigenvalue weighted by Crippen LogP contribution is 2.23. The lowest BCUT2D eigenvalue weighted by Gasteiger charge is -1.91. The molecule has 0 spiro atoms. The van der Waals surface area contributed by atoms with Crippen LogP contribution >= 0.6 is 11.6 Å². The van der Waals surface area contributed by atoms with Gasteiger partial charge in [0, 0.05) is 13.0 Å². The van der Waals surface area contributed by atoms with Crippen LogP contribution in [-0.4, -0.2) is 23.8 Å². The number of halogens is 1. The van der Waals surface area contributed by atoms with Gasteiger partial charge < -0.3 is 14.2 Å². The third kappa shape index (κ3) is 2.37. The summed E-state index contributed by atoms with van der Waals surface area (Å²) in [5.41, 5.74) is 0. The van der Waals surface area contributed by atoms with Crippen molar-refractivity contribution in [3.63, 3.8) is 0 Å². The lowest BCUT2D eigenvalue weighted by molar-refractivity contribution is 0.477. The molecule has 0 aliphatic heterocycles. The van der Waals surface area contributed by atoms with Crippen LogP contribution in [0.15, 0.2) is 21.0 Å². The van der Waals surface area contributed by atoms with Crippen molar-refractivity contribution < 1.29 is 8.83 Å². The van der Waals surface area contributed by atoms with Gasteiger partial charge in [-0.1, -0.05) is 0 Å². The summed E-state index contributed by atoms with van der Waals surface area (Å²) in [6.45, 7) is 0.792. The minimum absolute atomic E-state index is 0.306. The van der Waals surface area contributed by atoms with Gasteiger partial charge in [-0.3, -0.25) is 0 Å². The number of hydrogen-bond acceptors (Lipinski definition) is 5. The number of nitrogens with one attached hydrogen (secondary N) is 1. The van der Waals surface area contributed by atoms with Gasteiger partial charge in [0.2, 0.25) is 5.89 Å². The van der Waals surface area contributed by atoms with Gasteiger partial charge in [-0.2, -0.15) is 0 Å². The third-order valence-corrected chi connectivity index (χ3v) is 2.04. The highest BCUT2D eigenvalue weighted by atomic mass is 35.5. The van der Waals surface area contributed by atoms with Crippen molar-refractivity contribution >= 4 is 11.6 Å². The summed E-state index contributed by atoms with van der Waals surface area (Å²) in [4.78, 5) is 0. The zero-order valence-electron chi connectivity index (χ0n) is 8.16. The van der Waals surface area contributed by atoms with E-state index in [1.807, 2.05) is 7.05 Å². The first-order valence-corrected chi connectivity index (χ1v) is 4.90. The van der Waals surface area contributed by atoms with Gasteiger partial charge in [0.05, 0.1) is 0 Å². The maximum atomic E-state index is 5.63. The molecule has 15 heavy (non-hydrogen) atoms. The van der Waals surface area contributed by atoms with E-state index in [2.05, 4.69) is 15.5 Å². The van der Waals surface area contributed by atoms with E-state index in [1.165, 1.54) is 0 Å². The predicted octanol–water partition coefficient (Wildman–Crippen LogP) is 1.74. The molecule has 0 fully saturated rings. The van der Waals surface area contributed by atoms with Gasteiger partial charge in [-0.05, 0) is 30.8 Å². The largest absolute Gasteiger partial charge is 0.440 e. The summed E-state index contributed by atoms with van der Waals surface area (Å²) in [5.74, 6) is 1.42. The first-order chi connectivity index (χ1) is 7.29. The fraction of sp³-hybridized carbons (Fsp3) is 0.333. The molecule has 0 aliphatic rings. The van der Waals surface area contributed by atoms with Crippen molar-refractivity contribution in [1.82, 2.24) is 15.5 Å². The summed E-state index contributed by atoms with van der Waals surface area (Å²) < 4.78 is 10.5. The van der Waals surface area contributed by atoms with Gasteiger partial charge in [0.1, 0.15) is 0 Å². The molecule has 0 radical (unpaired) electrons. The van der Waals surface area contributed by atoms with Crippen molar-refractivity contribution in [2.45, 2.75) is 6.42 Å². The minimum atomic E-state index is 0.306. The molecule has 0 unspecified atom stereocenters. The van der Waals surface area contributed by atoms with Crippen LogP contribution in [0.4, 0.5) is 0 Å². The average molecular weight is 228 g/mol. The molecule has 1 N–H and O–H groups in total. The molecule has 6 heteroatoms. The van der Waals surface area contributed by atoms with Gasteiger partial charge in [0.15, 0.2) is 11.0 Å². The lowest BCUT2D eigenvalue weighted by Crippen LogP contribution is -2.10. The smallest absolute Gasteiger partial charge is 0.283 e. The van der Waals surface area contributed by atoms with Crippen LogP contribution in [0, 0.1) is 0 Å². The normalized spacial score (nSPS) is 10.8. The quantitative estimate of drug-likeness (QED) is 0.862. The first-order valence-electron chi connectivity index (χ1n) is 4.52. The molecule has 0 bridgehead atoms. The second-order valence-corrected chi connectivity index (χ2v) is 3.33. The molecule has 0 saturated heterocycles. The molecule has 0 aliphatic carbocycles. The van der Waals surface area contributed by atoms with Crippen molar-refractivity contribution in [1.29, 1.82) is 0 Å². The van der Waals surface area contributed by atoms with Crippen LogP contribution in [0.25, 0.3) is 11.7 Å². The summed E-state index contributed by atoms with van der Waals surface area (Å²) >= 11 is 5.63. The van der Waals surface area contributed by atoms with Crippen molar-refractivity contribution in [3.8, 4) is 11.7 Å². The Morgan fingerprint density at radius 2 is 2.20 bits per heavy atom. The number of nitrogens with zero attached hydrogens (tertiary/aromatic N) is 2. The Balaban J connectivity index is 2.13. The molecule has 0 amide bonds. The molecule has 80 valence electrons. The Labute approximate surface area is 91.4 Å². The van der Waals surface area contributed by atoms with Crippen molar-refractivity contribution in [3.05, 3.63) is 23.2 Å². The molecule has 0 aromatic carbocycles. The Morgan fingerprint density at radius 3 is 2.87 bits per heavy atom. The summed E-state index contributed by atoms with van der Waals surface area (Å²) in [5, 5.41) is 11.0. The second-order valence-electron chi connectivity index (χ2n) is 2.96. The molecular formula is C9H10ClN3O2. The average Bonchev–Trinajstić information content (AvgIpc) is 2.83. The zero-order chi connectivity index (χ0) is 10.7. The van der Waals surface area contributed by atoms with Gasteiger partial charge in [-0.25, -0.2) is 0 Å². The topological polar surface area (TPSA) is 64.1 Å². The number of hydrogen-bond donors (Lipinski definition) is 1. The Kier molecular flexibility index (Phi) is 3.03. The summed E-state index contributed by atoms with van der Waals surface area (Å²) in [6, 6.07) is 3.33. The number of rotatable bonds is 4. The van der Waals surface area contributed by atoms with Crippen LogP contribution in [-0.2, 0) is 6.42 Å². The molecule has 2 aromatic heterocycles. The fourth-order valence-electron chi connectivity index (χ4n) is 1.12. The molecule has 5 nitrogen and oxygen atoms in total. The maximum absolute atomic E-state index is 5.63. The number of aromatic nitrogens is 2. The van der Waals surface area contributed by atoms with E-state index in [4.69, 9.17) is 20.4 Å².